The van der Waals surface area contributed by atoms with E-state index in [0.717, 1.165) is 12.2 Å². The molecule has 1 rings (SSSR count). The Morgan fingerprint density at radius 1 is 1.38 bits per heavy atom. The van der Waals surface area contributed by atoms with Crippen molar-refractivity contribution in [3.63, 3.8) is 0 Å². The molecule has 0 spiro atoms. The predicted octanol–water partition coefficient (Wildman–Crippen LogP) is 1.70. The van der Waals surface area contributed by atoms with Crippen molar-refractivity contribution in [1.82, 2.24) is 9.97 Å². The number of hydrogen-bond acceptors (Lipinski definition) is 5. The summed E-state index contributed by atoms with van der Waals surface area (Å²) in [5, 5.41) is 2.95. The summed E-state index contributed by atoms with van der Waals surface area (Å²) in [5.74, 6) is 2.37. The zero-order valence-electron chi connectivity index (χ0n) is 10.4. The van der Waals surface area contributed by atoms with E-state index in [1.807, 2.05) is 6.92 Å². The number of hydrogen-bond donors (Lipinski definition) is 2. The molecular formula is C11H20N4O. The summed E-state index contributed by atoms with van der Waals surface area (Å²) >= 11 is 0. The van der Waals surface area contributed by atoms with Gasteiger partial charge in [0.25, 0.3) is 0 Å². The second kappa shape index (κ2) is 5.53. The van der Waals surface area contributed by atoms with Crippen LogP contribution in [0.5, 0.6) is 5.88 Å². The van der Waals surface area contributed by atoms with Crippen LogP contribution in [0.3, 0.4) is 0 Å². The average Bonchev–Trinajstić information content (AvgIpc) is 2.22. The minimum absolute atomic E-state index is 0.469. The Kier molecular flexibility index (Phi) is 4.34. The van der Waals surface area contributed by atoms with Crippen molar-refractivity contribution in [2.45, 2.75) is 27.2 Å². The van der Waals surface area contributed by atoms with Crippen molar-refractivity contribution in [3.8, 4) is 5.88 Å². The lowest BCUT2D eigenvalue weighted by molar-refractivity contribution is 0.326. The molecule has 0 bridgehead atoms. The van der Waals surface area contributed by atoms with E-state index in [2.05, 4.69) is 29.1 Å². The summed E-state index contributed by atoms with van der Waals surface area (Å²) in [6.07, 6.45) is 0.815. The minimum atomic E-state index is 0.469. The van der Waals surface area contributed by atoms with E-state index in [0.29, 0.717) is 29.9 Å². The summed E-state index contributed by atoms with van der Waals surface area (Å²) in [6.45, 7) is 6.70. The highest BCUT2D eigenvalue weighted by Gasteiger charge is 2.12. The number of nitrogens with zero attached hydrogens (tertiary/aromatic N) is 2. The van der Waals surface area contributed by atoms with E-state index >= 15 is 0 Å². The number of nitrogens with one attached hydrogen (secondary N) is 1. The first-order valence-corrected chi connectivity index (χ1v) is 5.55. The molecule has 16 heavy (non-hydrogen) atoms. The summed E-state index contributed by atoms with van der Waals surface area (Å²) in [4.78, 5) is 8.66. The number of nitrogen functional groups attached to an aromatic ring is 1. The van der Waals surface area contributed by atoms with E-state index in [4.69, 9.17) is 10.5 Å². The molecule has 3 N–H and O–H groups in total. The lowest BCUT2D eigenvalue weighted by Crippen LogP contribution is -2.10. The van der Waals surface area contributed by atoms with Crippen molar-refractivity contribution in [2.75, 3.05) is 24.7 Å². The van der Waals surface area contributed by atoms with Crippen molar-refractivity contribution in [2.24, 2.45) is 5.92 Å². The monoisotopic (exact) mass is 224 g/mol. The van der Waals surface area contributed by atoms with Crippen LogP contribution in [-0.2, 0) is 6.42 Å². The average molecular weight is 224 g/mol. The fraction of sp³-hybridized carbons (Fsp3) is 0.636. The third-order valence-electron chi connectivity index (χ3n) is 2.07. The zero-order valence-corrected chi connectivity index (χ0v) is 10.4. The maximum atomic E-state index is 5.87. The van der Waals surface area contributed by atoms with Crippen molar-refractivity contribution in [1.29, 1.82) is 0 Å². The Bertz CT molecular complexity index is 352. The van der Waals surface area contributed by atoms with Crippen LogP contribution in [0.4, 0.5) is 11.5 Å². The zero-order chi connectivity index (χ0) is 12.1. The van der Waals surface area contributed by atoms with Crippen LogP contribution in [0.25, 0.3) is 0 Å². The normalized spacial score (nSPS) is 10.6. The van der Waals surface area contributed by atoms with Gasteiger partial charge in [0.2, 0.25) is 5.88 Å². The Hall–Kier alpha value is -1.52. The molecule has 0 aliphatic heterocycles. The van der Waals surface area contributed by atoms with Gasteiger partial charge >= 0.3 is 0 Å². The second-order valence-corrected chi connectivity index (χ2v) is 3.99. The quantitative estimate of drug-likeness (QED) is 0.796. The molecule has 0 saturated heterocycles. The molecule has 0 saturated carbocycles. The third kappa shape index (κ3) is 2.98. The van der Waals surface area contributed by atoms with Crippen molar-refractivity contribution in [3.05, 3.63) is 5.82 Å². The van der Waals surface area contributed by atoms with E-state index in [1.54, 1.807) is 7.05 Å². The van der Waals surface area contributed by atoms with Crippen LogP contribution in [-0.4, -0.2) is 23.6 Å². The van der Waals surface area contributed by atoms with Gasteiger partial charge in [-0.15, -0.1) is 0 Å². The molecule has 1 aromatic rings. The molecule has 5 heteroatoms. The molecule has 90 valence electrons. The lowest BCUT2D eigenvalue weighted by atomic mass is 10.1. The smallest absolute Gasteiger partial charge is 0.242 e. The summed E-state index contributed by atoms with van der Waals surface area (Å²) in [6, 6.07) is 0. The molecule has 5 nitrogen and oxygen atoms in total. The van der Waals surface area contributed by atoms with E-state index in [1.165, 1.54) is 0 Å². The SMILES string of the molecule is CCOc1nc(CC(C)C)nc(NC)c1N. The van der Waals surface area contributed by atoms with Crippen molar-refractivity contribution >= 4 is 11.5 Å². The van der Waals surface area contributed by atoms with Crippen molar-refractivity contribution < 1.29 is 4.74 Å². The standard InChI is InChI=1S/C11H20N4O/c1-5-16-11-9(12)10(13-4)14-8(15-11)6-7(2)3/h7H,5-6,12H2,1-4H3,(H,13,14,15). The molecule has 0 amide bonds. The molecule has 1 heterocycles. The molecule has 0 unspecified atom stereocenters. The Labute approximate surface area is 96.4 Å². The summed E-state index contributed by atoms with van der Waals surface area (Å²) in [5.41, 5.74) is 6.34. The first-order chi connectivity index (χ1) is 7.58. The number of nitrogens with two attached hydrogens (primary N) is 1. The van der Waals surface area contributed by atoms with Gasteiger partial charge in [-0.25, -0.2) is 4.98 Å². The number of rotatable bonds is 5. The van der Waals surface area contributed by atoms with Gasteiger partial charge in [-0.1, -0.05) is 13.8 Å². The second-order valence-electron chi connectivity index (χ2n) is 3.99. The highest BCUT2D eigenvalue weighted by molar-refractivity contribution is 5.66. The fourth-order valence-corrected chi connectivity index (χ4v) is 1.39. The van der Waals surface area contributed by atoms with Crippen LogP contribution < -0.4 is 15.8 Å². The van der Waals surface area contributed by atoms with Gasteiger partial charge in [-0.3, -0.25) is 0 Å². The van der Waals surface area contributed by atoms with E-state index < -0.39 is 0 Å². The van der Waals surface area contributed by atoms with Crippen LogP contribution in [0, 0.1) is 5.92 Å². The molecular weight excluding hydrogens is 204 g/mol. The maximum absolute atomic E-state index is 5.87. The summed E-state index contributed by atoms with van der Waals surface area (Å²) < 4.78 is 5.39. The highest BCUT2D eigenvalue weighted by Crippen LogP contribution is 2.26. The Morgan fingerprint density at radius 3 is 2.56 bits per heavy atom. The van der Waals surface area contributed by atoms with Gasteiger partial charge in [0.05, 0.1) is 6.61 Å². The predicted molar refractivity (Wildman–Crippen MR) is 65.7 cm³/mol. The molecule has 0 aliphatic carbocycles. The number of anilines is 2. The van der Waals surface area contributed by atoms with Gasteiger partial charge in [0.1, 0.15) is 11.5 Å². The first-order valence-electron chi connectivity index (χ1n) is 5.55. The topological polar surface area (TPSA) is 73.1 Å². The van der Waals surface area contributed by atoms with Crippen LogP contribution >= 0.6 is 0 Å². The van der Waals surface area contributed by atoms with Crippen LogP contribution in [0.2, 0.25) is 0 Å². The van der Waals surface area contributed by atoms with Gasteiger partial charge in [-0.05, 0) is 12.8 Å². The fourth-order valence-electron chi connectivity index (χ4n) is 1.39. The first kappa shape index (κ1) is 12.5. The number of aromatic nitrogens is 2. The van der Waals surface area contributed by atoms with Gasteiger partial charge in [-0.2, -0.15) is 4.98 Å². The maximum Gasteiger partial charge on any atom is 0.242 e. The van der Waals surface area contributed by atoms with E-state index in [9.17, 15) is 0 Å². The number of ether oxygens (including phenoxy) is 1. The molecule has 0 aromatic carbocycles. The minimum Gasteiger partial charge on any atom is -0.476 e. The third-order valence-corrected chi connectivity index (χ3v) is 2.07. The molecule has 1 aromatic heterocycles. The van der Waals surface area contributed by atoms with Gasteiger partial charge in [0, 0.05) is 13.5 Å². The van der Waals surface area contributed by atoms with Gasteiger partial charge in [0.15, 0.2) is 5.82 Å². The molecule has 0 aliphatic rings. The van der Waals surface area contributed by atoms with Crippen LogP contribution in [0.1, 0.15) is 26.6 Å². The lowest BCUT2D eigenvalue weighted by Gasteiger charge is -2.12. The summed E-state index contributed by atoms with van der Waals surface area (Å²) in [7, 11) is 1.79. The van der Waals surface area contributed by atoms with E-state index in [-0.39, 0.29) is 0 Å². The molecule has 0 atom stereocenters. The Morgan fingerprint density at radius 2 is 2.06 bits per heavy atom. The Balaban J connectivity index is 3.07. The molecule has 0 fully saturated rings. The van der Waals surface area contributed by atoms with Crippen LogP contribution in [0.15, 0.2) is 0 Å². The van der Waals surface area contributed by atoms with Gasteiger partial charge < -0.3 is 15.8 Å². The highest BCUT2D eigenvalue weighted by atomic mass is 16.5. The molecule has 0 radical (unpaired) electrons. The largest absolute Gasteiger partial charge is 0.476 e.